The van der Waals surface area contributed by atoms with E-state index in [4.69, 9.17) is 4.52 Å². The van der Waals surface area contributed by atoms with Crippen molar-refractivity contribution < 1.29 is 9.32 Å². The Hall–Kier alpha value is -2.34. The molecule has 2 amide bonds. The summed E-state index contributed by atoms with van der Waals surface area (Å²) in [6.07, 6.45) is 2.34. The number of nitrogens with one attached hydrogen (secondary N) is 2. The first-order valence-electron chi connectivity index (χ1n) is 6.97. The SMILES string of the molecule is CN1CC[C@@H](NC(=O)Nc2ccon2)[C@H]1c1ccccc1. The van der Waals surface area contributed by atoms with Gasteiger partial charge in [0.1, 0.15) is 6.26 Å². The number of benzene rings is 1. The molecule has 2 atom stereocenters. The van der Waals surface area contributed by atoms with Crippen LogP contribution in [0.1, 0.15) is 18.0 Å². The predicted molar refractivity (Wildman–Crippen MR) is 78.9 cm³/mol. The first kappa shape index (κ1) is 13.6. The summed E-state index contributed by atoms with van der Waals surface area (Å²) in [7, 11) is 2.08. The van der Waals surface area contributed by atoms with Crippen molar-refractivity contribution in [3.63, 3.8) is 0 Å². The summed E-state index contributed by atoms with van der Waals surface area (Å²) in [5.41, 5.74) is 1.21. The van der Waals surface area contributed by atoms with Crippen molar-refractivity contribution in [2.75, 3.05) is 18.9 Å². The minimum atomic E-state index is -0.259. The minimum absolute atomic E-state index is 0.0734. The Bertz CT molecular complexity index is 585. The molecule has 1 aliphatic heterocycles. The van der Waals surface area contributed by atoms with Gasteiger partial charge < -0.3 is 9.84 Å². The third-order valence-corrected chi connectivity index (χ3v) is 3.79. The van der Waals surface area contributed by atoms with Crippen LogP contribution in [0.25, 0.3) is 0 Å². The first-order valence-corrected chi connectivity index (χ1v) is 6.97. The second-order valence-electron chi connectivity index (χ2n) is 5.21. The first-order chi connectivity index (χ1) is 10.2. The van der Waals surface area contributed by atoms with E-state index in [0.717, 1.165) is 13.0 Å². The van der Waals surface area contributed by atoms with Crippen molar-refractivity contribution in [3.05, 3.63) is 48.2 Å². The van der Waals surface area contributed by atoms with Crippen LogP contribution in [-0.4, -0.2) is 35.7 Å². The average Bonchev–Trinajstić information content (AvgIpc) is 3.10. The molecule has 1 saturated heterocycles. The lowest BCUT2D eigenvalue weighted by Gasteiger charge is -2.26. The highest BCUT2D eigenvalue weighted by molar-refractivity contribution is 5.88. The number of likely N-dealkylation sites (N-methyl/N-ethyl adjacent to an activating group) is 1. The summed E-state index contributed by atoms with van der Waals surface area (Å²) in [4.78, 5) is 14.3. The molecule has 0 spiro atoms. The number of hydrogen-bond donors (Lipinski definition) is 2. The van der Waals surface area contributed by atoms with Gasteiger partial charge in [0.15, 0.2) is 5.82 Å². The van der Waals surface area contributed by atoms with Crippen molar-refractivity contribution in [2.24, 2.45) is 0 Å². The van der Waals surface area contributed by atoms with Gasteiger partial charge in [-0.2, -0.15) is 0 Å². The Labute approximate surface area is 123 Å². The van der Waals surface area contributed by atoms with Crippen LogP contribution in [0, 0.1) is 0 Å². The summed E-state index contributed by atoms with van der Waals surface area (Å²) in [5.74, 6) is 0.412. The summed E-state index contributed by atoms with van der Waals surface area (Å²) in [5, 5.41) is 9.35. The van der Waals surface area contributed by atoms with Crippen LogP contribution in [0.5, 0.6) is 0 Å². The summed E-state index contributed by atoms with van der Waals surface area (Å²) >= 11 is 0. The predicted octanol–water partition coefficient (Wildman–Crippen LogP) is 2.24. The smallest absolute Gasteiger partial charge is 0.320 e. The Morgan fingerprint density at radius 1 is 1.33 bits per heavy atom. The highest BCUT2D eigenvalue weighted by Crippen LogP contribution is 2.30. The van der Waals surface area contributed by atoms with E-state index < -0.39 is 0 Å². The van der Waals surface area contributed by atoms with E-state index in [-0.39, 0.29) is 18.1 Å². The topological polar surface area (TPSA) is 70.4 Å². The fraction of sp³-hybridized carbons (Fsp3) is 0.333. The van der Waals surface area contributed by atoms with Gasteiger partial charge in [0.2, 0.25) is 0 Å². The Kier molecular flexibility index (Phi) is 3.87. The lowest BCUT2D eigenvalue weighted by atomic mass is 10.0. The lowest BCUT2D eigenvalue weighted by Crippen LogP contribution is -2.41. The quantitative estimate of drug-likeness (QED) is 0.908. The van der Waals surface area contributed by atoms with E-state index in [1.807, 2.05) is 18.2 Å². The molecule has 6 nitrogen and oxygen atoms in total. The maximum atomic E-state index is 12.0. The van der Waals surface area contributed by atoms with E-state index in [2.05, 4.69) is 39.9 Å². The van der Waals surface area contributed by atoms with Crippen molar-refractivity contribution >= 4 is 11.8 Å². The van der Waals surface area contributed by atoms with Gasteiger partial charge in [0.05, 0.1) is 12.1 Å². The number of hydrogen-bond acceptors (Lipinski definition) is 4. The zero-order valence-corrected chi connectivity index (χ0v) is 11.8. The van der Waals surface area contributed by atoms with E-state index in [9.17, 15) is 4.79 Å². The normalized spacial score (nSPS) is 22.1. The van der Waals surface area contributed by atoms with Gasteiger partial charge in [-0.1, -0.05) is 35.5 Å². The number of likely N-dealkylation sites (tertiary alicyclic amines) is 1. The molecule has 1 aromatic heterocycles. The number of rotatable bonds is 3. The molecular formula is C15H18N4O2. The average molecular weight is 286 g/mol. The molecule has 3 rings (SSSR count). The zero-order valence-electron chi connectivity index (χ0n) is 11.8. The molecular weight excluding hydrogens is 268 g/mol. The molecule has 2 N–H and O–H groups in total. The highest BCUT2D eigenvalue weighted by atomic mass is 16.5. The van der Waals surface area contributed by atoms with Gasteiger partial charge >= 0.3 is 6.03 Å². The molecule has 1 aromatic carbocycles. The fourth-order valence-corrected chi connectivity index (χ4v) is 2.83. The molecule has 1 aliphatic rings. The molecule has 1 fully saturated rings. The van der Waals surface area contributed by atoms with Gasteiger partial charge in [0.25, 0.3) is 0 Å². The van der Waals surface area contributed by atoms with Gasteiger partial charge in [0, 0.05) is 12.6 Å². The lowest BCUT2D eigenvalue weighted by molar-refractivity contribution is 0.240. The van der Waals surface area contributed by atoms with E-state index in [1.165, 1.54) is 11.8 Å². The fourth-order valence-electron chi connectivity index (χ4n) is 2.83. The molecule has 110 valence electrons. The molecule has 0 saturated carbocycles. The van der Waals surface area contributed by atoms with Gasteiger partial charge in [-0.15, -0.1) is 0 Å². The summed E-state index contributed by atoms with van der Waals surface area (Å²) < 4.78 is 4.69. The molecule has 0 unspecified atom stereocenters. The molecule has 21 heavy (non-hydrogen) atoms. The highest BCUT2D eigenvalue weighted by Gasteiger charge is 2.33. The minimum Gasteiger partial charge on any atom is -0.363 e. The monoisotopic (exact) mass is 286 g/mol. The number of amides is 2. The van der Waals surface area contributed by atoms with Gasteiger partial charge in [-0.25, -0.2) is 4.79 Å². The van der Waals surface area contributed by atoms with Crippen molar-refractivity contribution in [2.45, 2.75) is 18.5 Å². The second kappa shape index (κ2) is 5.97. The van der Waals surface area contributed by atoms with E-state index >= 15 is 0 Å². The maximum absolute atomic E-state index is 12.0. The van der Waals surface area contributed by atoms with Crippen LogP contribution in [0.15, 0.2) is 47.2 Å². The summed E-state index contributed by atoms with van der Waals surface area (Å²) in [6.45, 7) is 0.953. The van der Waals surface area contributed by atoms with Crippen LogP contribution in [0.3, 0.4) is 0 Å². The Morgan fingerprint density at radius 3 is 2.86 bits per heavy atom. The number of anilines is 1. The van der Waals surface area contributed by atoms with Crippen LogP contribution < -0.4 is 10.6 Å². The van der Waals surface area contributed by atoms with Crippen LogP contribution >= 0.6 is 0 Å². The number of urea groups is 1. The molecule has 0 radical (unpaired) electrons. The number of aromatic nitrogens is 1. The molecule has 2 aromatic rings. The molecule has 6 heteroatoms. The van der Waals surface area contributed by atoms with Gasteiger partial charge in [-0.3, -0.25) is 10.2 Å². The number of carbonyl (C=O) groups excluding carboxylic acids is 1. The van der Waals surface area contributed by atoms with Crippen LogP contribution in [0.4, 0.5) is 10.6 Å². The van der Waals surface area contributed by atoms with E-state index in [0.29, 0.717) is 5.82 Å². The Morgan fingerprint density at radius 2 is 2.14 bits per heavy atom. The van der Waals surface area contributed by atoms with Crippen LogP contribution in [-0.2, 0) is 0 Å². The molecule has 0 aliphatic carbocycles. The zero-order chi connectivity index (χ0) is 14.7. The van der Waals surface area contributed by atoms with Gasteiger partial charge in [-0.05, 0) is 19.0 Å². The largest absolute Gasteiger partial charge is 0.363 e. The molecule has 0 bridgehead atoms. The van der Waals surface area contributed by atoms with Crippen molar-refractivity contribution in [1.82, 2.24) is 15.4 Å². The maximum Gasteiger partial charge on any atom is 0.320 e. The Balaban J connectivity index is 1.68. The summed E-state index contributed by atoms with van der Waals surface area (Å²) in [6, 6.07) is 11.8. The third kappa shape index (κ3) is 3.05. The second-order valence-corrected chi connectivity index (χ2v) is 5.21. The van der Waals surface area contributed by atoms with Crippen LogP contribution in [0.2, 0.25) is 0 Å². The van der Waals surface area contributed by atoms with Crippen molar-refractivity contribution in [1.29, 1.82) is 0 Å². The number of carbonyl (C=O) groups is 1. The van der Waals surface area contributed by atoms with Crippen molar-refractivity contribution in [3.8, 4) is 0 Å². The van der Waals surface area contributed by atoms with E-state index in [1.54, 1.807) is 6.07 Å². The number of nitrogens with zero attached hydrogens (tertiary/aromatic N) is 2. The third-order valence-electron chi connectivity index (χ3n) is 3.79. The standard InChI is InChI=1S/C15H18N4O2/c1-19-9-7-12(14(19)11-5-3-2-4-6-11)16-15(20)17-13-8-10-21-18-13/h2-6,8,10,12,14H,7,9H2,1H3,(H2,16,17,18,20)/t12-,14-/m1/s1. The molecule has 2 heterocycles.